The minimum atomic E-state index is -5.39. The van der Waals surface area contributed by atoms with E-state index in [1.807, 2.05) is 0 Å². The van der Waals surface area contributed by atoms with Gasteiger partial charge in [0.25, 0.3) is 0 Å². The molecule has 0 aliphatic carbocycles. The van der Waals surface area contributed by atoms with Crippen LogP contribution < -0.4 is 33.5 Å². The molecule has 0 aliphatic heterocycles. The fourth-order valence-corrected chi connectivity index (χ4v) is 0. The standard InChI is InChI=1S/Al.Li.H3O4P.Ta.Ti/c;;1-5(2,3)4;;/h;;(H3,1,2,3,4);;/q+3;+1;;+5;+4/p-3. The third-order valence-corrected chi connectivity index (χ3v) is 0. The van der Waals surface area contributed by atoms with E-state index >= 15 is 0 Å². The molecule has 9 heteroatoms. The molecule has 32 valence electrons. The van der Waals surface area contributed by atoms with Crippen LogP contribution in [0.3, 0.4) is 0 Å². The van der Waals surface area contributed by atoms with Crippen LogP contribution in [-0.4, -0.2) is 17.4 Å². The molecule has 0 atom stereocenters. The predicted octanol–water partition coefficient (Wildman–Crippen LogP) is -6.21. The summed E-state index contributed by atoms with van der Waals surface area (Å²) in [5.74, 6) is 0. The molecule has 0 heterocycles. The van der Waals surface area contributed by atoms with E-state index in [0.717, 1.165) is 0 Å². The third-order valence-electron chi connectivity index (χ3n) is 0. The second-order valence-electron chi connectivity index (χ2n) is 0.447. The van der Waals surface area contributed by atoms with Gasteiger partial charge in [-0.2, -0.15) is 7.82 Å². The van der Waals surface area contributed by atoms with Gasteiger partial charge in [0.15, 0.2) is 0 Å². The molecule has 0 fully saturated rings. The molecule has 0 unspecified atom stereocenters. The minimum Gasteiger partial charge on any atom is -0.822 e. The van der Waals surface area contributed by atoms with Gasteiger partial charge < -0.3 is 19.2 Å². The zero-order valence-corrected chi connectivity index (χ0v) is 11.4. The van der Waals surface area contributed by atoms with E-state index in [1.54, 1.807) is 0 Å². The molecule has 0 N–H and O–H groups in total. The SMILES string of the molecule is O=P([O-])([O-])[O-].[Al+3].[Li+].[Ta+5].[Ti+4]. The summed E-state index contributed by atoms with van der Waals surface area (Å²) >= 11 is 0. The summed E-state index contributed by atoms with van der Waals surface area (Å²) in [6.45, 7) is 0. The Hall–Kier alpha value is 2.69. The first-order chi connectivity index (χ1) is 2.00. The first-order valence-electron chi connectivity index (χ1n) is 0.730. The van der Waals surface area contributed by atoms with E-state index in [-0.39, 0.29) is 80.3 Å². The molecule has 0 bridgehead atoms. The summed E-state index contributed by atoms with van der Waals surface area (Å²) in [5.41, 5.74) is 0. The molecule has 0 aromatic heterocycles. The molecule has 0 aliphatic rings. The molecule has 0 radical (unpaired) electrons. The van der Waals surface area contributed by atoms with E-state index in [4.69, 9.17) is 19.2 Å². The van der Waals surface area contributed by atoms with Gasteiger partial charge in [-0.25, -0.2) is 0 Å². The van der Waals surface area contributed by atoms with Crippen LogP contribution >= 0.6 is 7.82 Å². The maximum absolute atomic E-state index is 8.55. The van der Waals surface area contributed by atoms with Crippen LogP contribution in [0.5, 0.6) is 0 Å². The molecular formula is AlLiO4PTaTi+10. The summed E-state index contributed by atoms with van der Waals surface area (Å²) in [7, 11) is -5.39. The van der Waals surface area contributed by atoms with Crippen molar-refractivity contribution >= 4 is 25.2 Å². The van der Waals surface area contributed by atoms with Gasteiger partial charge in [-0.3, -0.25) is 0 Å². The van der Waals surface area contributed by atoms with Gasteiger partial charge in [0.2, 0.25) is 0 Å². The van der Waals surface area contributed by atoms with Gasteiger partial charge in [0.1, 0.15) is 0 Å². The number of hydrogen-bond acceptors (Lipinski definition) is 4. The maximum atomic E-state index is 8.55. The van der Waals surface area contributed by atoms with Crippen LogP contribution in [0.4, 0.5) is 0 Å². The van der Waals surface area contributed by atoms with Gasteiger partial charge in [-0.05, 0) is 0 Å². The summed E-state index contributed by atoms with van der Waals surface area (Å²) in [5, 5.41) is 0. The average molecular weight is 358 g/mol. The van der Waals surface area contributed by atoms with Crippen LogP contribution in [0.2, 0.25) is 0 Å². The summed E-state index contributed by atoms with van der Waals surface area (Å²) in [6.07, 6.45) is 0. The molecule has 0 amide bonds. The largest absolute Gasteiger partial charge is 5.00 e. The predicted molar refractivity (Wildman–Crippen MR) is 13.4 cm³/mol. The molecule has 0 saturated heterocycles. The van der Waals surface area contributed by atoms with Crippen molar-refractivity contribution in [2.24, 2.45) is 0 Å². The fraction of sp³-hybridized carbons (Fsp3) is 0. The molecular weight excluding hydrogens is 358 g/mol. The average Bonchev–Trinajstić information content (AvgIpc) is 0.722. The smallest absolute Gasteiger partial charge is 0.822 e. The maximum Gasteiger partial charge on any atom is 5.00 e. The van der Waals surface area contributed by atoms with Crippen molar-refractivity contribution in [3.05, 3.63) is 0 Å². The van der Waals surface area contributed by atoms with Crippen molar-refractivity contribution < 1.29 is 82.2 Å². The van der Waals surface area contributed by atoms with Crippen LogP contribution in [0.1, 0.15) is 0 Å². The molecule has 0 aromatic carbocycles. The van der Waals surface area contributed by atoms with Crippen LogP contribution in [-0.2, 0) is 48.7 Å². The summed E-state index contributed by atoms with van der Waals surface area (Å²) in [6, 6.07) is 0. The normalized spacial score (nSPS) is 6.56. The van der Waals surface area contributed by atoms with E-state index in [1.165, 1.54) is 0 Å². The Labute approximate surface area is 106 Å². The van der Waals surface area contributed by atoms with E-state index in [2.05, 4.69) is 0 Å². The minimum absolute atomic E-state index is 0. The Balaban J connectivity index is -0.0000000133. The quantitative estimate of drug-likeness (QED) is 0.319. The number of phosphoric acid groups is 1. The monoisotopic (exact) mass is 358 g/mol. The second-order valence-corrected chi connectivity index (χ2v) is 1.34. The number of hydrogen-bond donors (Lipinski definition) is 0. The molecule has 0 spiro atoms. The van der Waals surface area contributed by atoms with Crippen molar-refractivity contribution in [2.75, 3.05) is 0 Å². The zero-order valence-electron chi connectivity index (χ0n) is 4.60. The van der Waals surface area contributed by atoms with Crippen molar-refractivity contribution in [2.45, 2.75) is 0 Å². The van der Waals surface area contributed by atoms with Crippen LogP contribution in [0.15, 0.2) is 0 Å². The van der Waals surface area contributed by atoms with Gasteiger partial charge in [-0.15, -0.1) is 0 Å². The van der Waals surface area contributed by atoms with Crippen molar-refractivity contribution in [1.29, 1.82) is 0 Å². The van der Waals surface area contributed by atoms with Gasteiger partial charge >= 0.3 is 80.3 Å². The Morgan fingerprint density at radius 3 is 1.11 bits per heavy atom. The zero-order chi connectivity index (χ0) is 4.50. The molecule has 0 rings (SSSR count). The first kappa shape index (κ1) is 29.8. The molecule has 9 heavy (non-hydrogen) atoms. The van der Waals surface area contributed by atoms with Crippen molar-refractivity contribution in [3.63, 3.8) is 0 Å². The molecule has 0 aromatic rings. The molecule has 4 nitrogen and oxygen atoms in total. The summed E-state index contributed by atoms with van der Waals surface area (Å²) in [4.78, 5) is 25.6. The van der Waals surface area contributed by atoms with Crippen LogP contribution in [0.25, 0.3) is 0 Å². The van der Waals surface area contributed by atoms with Crippen molar-refractivity contribution in [1.82, 2.24) is 0 Å². The second kappa shape index (κ2) is 13.3. The van der Waals surface area contributed by atoms with E-state index in [9.17, 15) is 0 Å². The van der Waals surface area contributed by atoms with Crippen molar-refractivity contribution in [3.8, 4) is 0 Å². The molecule has 0 saturated carbocycles. The Bertz CT molecular complexity index is 66.7. The van der Waals surface area contributed by atoms with Gasteiger partial charge in [0.05, 0.1) is 0 Å². The third kappa shape index (κ3) is 111. The summed E-state index contributed by atoms with van der Waals surface area (Å²) < 4.78 is 8.55. The van der Waals surface area contributed by atoms with Gasteiger partial charge in [0, 0.05) is 0 Å². The number of rotatable bonds is 0. The van der Waals surface area contributed by atoms with Crippen LogP contribution in [0, 0.1) is 0 Å². The topological polar surface area (TPSA) is 86.2 Å². The Kier molecular flexibility index (Phi) is 44.1. The first-order valence-corrected chi connectivity index (χ1v) is 2.19. The van der Waals surface area contributed by atoms with E-state index in [0.29, 0.717) is 0 Å². The Morgan fingerprint density at radius 2 is 1.11 bits per heavy atom. The van der Waals surface area contributed by atoms with E-state index < -0.39 is 7.82 Å². The Morgan fingerprint density at radius 1 is 1.11 bits per heavy atom. The van der Waals surface area contributed by atoms with Gasteiger partial charge in [-0.1, -0.05) is 0 Å². The fourth-order valence-electron chi connectivity index (χ4n) is 0.